The molecule has 0 bridgehead atoms. The number of nitrogens with one attached hydrogen (secondary N) is 3. The Bertz CT molecular complexity index is 1130. The first-order valence-electron chi connectivity index (χ1n) is 11.8. The average Bonchev–Trinajstić information content (AvgIpc) is 3.26. The van der Waals surface area contributed by atoms with Crippen LogP contribution in [0.3, 0.4) is 0 Å². The maximum absolute atomic E-state index is 13.1. The van der Waals surface area contributed by atoms with Crippen LogP contribution in [0.25, 0.3) is 10.9 Å². The summed E-state index contributed by atoms with van der Waals surface area (Å²) in [4.78, 5) is 40.9. The molecule has 8 N–H and O–H groups in total. The van der Waals surface area contributed by atoms with Gasteiger partial charge in [-0.1, -0.05) is 48.5 Å². The number of carboxylic acid groups (broad SMARTS) is 1. The topological polar surface area (TPSA) is 163 Å². The molecule has 0 spiro atoms. The van der Waals surface area contributed by atoms with Crippen LogP contribution in [-0.4, -0.2) is 52.5 Å². The number of carboxylic acids is 1. The first kappa shape index (κ1) is 25.9. The Morgan fingerprint density at radius 2 is 1.57 bits per heavy atom. The van der Waals surface area contributed by atoms with Crippen LogP contribution >= 0.6 is 0 Å². The maximum atomic E-state index is 13.1. The van der Waals surface area contributed by atoms with E-state index in [4.69, 9.17) is 11.5 Å². The van der Waals surface area contributed by atoms with Gasteiger partial charge in [-0.25, -0.2) is 4.79 Å². The van der Waals surface area contributed by atoms with E-state index >= 15 is 0 Å². The Morgan fingerprint density at radius 3 is 2.29 bits per heavy atom. The number of carbonyl (C=O) groups is 3. The van der Waals surface area contributed by atoms with E-state index in [0.29, 0.717) is 19.4 Å². The van der Waals surface area contributed by atoms with Gasteiger partial charge in [-0.15, -0.1) is 0 Å². The van der Waals surface area contributed by atoms with Gasteiger partial charge in [-0.2, -0.15) is 0 Å². The third-order valence-corrected chi connectivity index (χ3v) is 5.93. The molecule has 3 aromatic rings. The Hall–Kier alpha value is -3.69. The molecule has 2 amide bonds. The molecule has 0 aliphatic carbocycles. The van der Waals surface area contributed by atoms with Crippen molar-refractivity contribution in [2.24, 2.45) is 11.5 Å². The van der Waals surface area contributed by atoms with Crippen molar-refractivity contribution in [3.63, 3.8) is 0 Å². The number of fused-ring (bicyclic) bond motifs is 1. The van der Waals surface area contributed by atoms with Crippen LogP contribution in [0.5, 0.6) is 0 Å². The van der Waals surface area contributed by atoms with E-state index in [-0.39, 0.29) is 19.3 Å². The van der Waals surface area contributed by atoms with Crippen molar-refractivity contribution >= 4 is 28.7 Å². The molecule has 0 aliphatic heterocycles. The molecule has 2 aromatic carbocycles. The van der Waals surface area contributed by atoms with E-state index in [2.05, 4.69) is 15.6 Å². The summed E-state index contributed by atoms with van der Waals surface area (Å²) in [6, 6.07) is 14.0. The molecule has 0 saturated heterocycles. The molecule has 9 nitrogen and oxygen atoms in total. The van der Waals surface area contributed by atoms with Gasteiger partial charge in [0.2, 0.25) is 11.8 Å². The predicted octanol–water partition coefficient (Wildman–Crippen LogP) is 1.46. The first-order valence-corrected chi connectivity index (χ1v) is 11.8. The second kappa shape index (κ2) is 12.7. The van der Waals surface area contributed by atoms with E-state index in [9.17, 15) is 19.5 Å². The molecular weight excluding hydrogens is 446 g/mol. The molecule has 3 rings (SSSR count). The number of aromatic amines is 1. The summed E-state index contributed by atoms with van der Waals surface area (Å²) in [6.07, 6.45) is 3.79. The highest BCUT2D eigenvalue weighted by Crippen LogP contribution is 2.19. The van der Waals surface area contributed by atoms with Crippen LogP contribution in [0.2, 0.25) is 0 Å². The second-order valence-electron chi connectivity index (χ2n) is 8.60. The van der Waals surface area contributed by atoms with Gasteiger partial charge < -0.3 is 32.2 Å². The number of aromatic nitrogens is 1. The van der Waals surface area contributed by atoms with E-state index in [1.807, 2.05) is 60.8 Å². The fraction of sp³-hybridized carbons (Fsp3) is 0.346. The van der Waals surface area contributed by atoms with E-state index < -0.39 is 35.9 Å². The van der Waals surface area contributed by atoms with Crippen molar-refractivity contribution in [2.75, 3.05) is 6.54 Å². The molecule has 35 heavy (non-hydrogen) atoms. The second-order valence-corrected chi connectivity index (χ2v) is 8.60. The number of nitrogens with two attached hydrogens (primary N) is 2. The zero-order valence-corrected chi connectivity index (χ0v) is 19.6. The van der Waals surface area contributed by atoms with Gasteiger partial charge in [0, 0.05) is 23.5 Å². The van der Waals surface area contributed by atoms with Gasteiger partial charge >= 0.3 is 5.97 Å². The molecule has 0 saturated carbocycles. The van der Waals surface area contributed by atoms with Crippen molar-refractivity contribution in [3.8, 4) is 0 Å². The van der Waals surface area contributed by atoms with Crippen molar-refractivity contribution < 1.29 is 19.5 Å². The van der Waals surface area contributed by atoms with Crippen molar-refractivity contribution in [3.05, 3.63) is 71.9 Å². The molecule has 1 heterocycles. The summed E-state index contributed by atoms with van der Waals surface area (Å²) < 4.78 is 0. The SMILES string of the molecule is NCCCCC(NC(=O)C(Cc1ccccc1)NC(=O)C(N)Cc1c[nH]c2ccccc12)C(=O)O. The number of H-pyrrole nitrogens is 1. The van der Waals surface area contributed by atoms with Crippen LogP contribution < -0.4 is 22.1 Å². The molecule has 186 valence electrons. The minimum absolute atomic E-state index is 0.202. The number of unbranched alkanes of at least 4 members (excludes halogenated alkanes) is 1. The number of carbonyl (C=O) groups excluding carboxylic acids is 2. The number of rotatable bonds is 13. The lowest BCUT2D eigenvalue weighted by atomic mass is 10.0. The van der Waals surface area contributed by atoms with Crippen molar-refractivity contribution in [2.45, 2.75) is 50.2 Å². The summed E-state index contributed by atoms with van der Waals surface area (Å²) in [5.74, 6) is -2.18. The lowest BCUT2D eigenvalue weighted by Gasteiger charge is -2.23. The number of amides is 2. The highest BCUT2D eigenvalue weighted by atomic mass is 16.4. The van der Waals surface area contributed by atoms with Gasteiger partial charge in [-0.3, -0.25) is 9.59 Å². The number of benzene rings is 2. The minimum atomic E-state index is -1.13. The zero-order valence-electron chi connectivity index (χ0n) is 19.6. The van der Waals surface area contributed by atoms with Crippen molar-refractivity contribution in [1.82, 2.24) is 15.6 Å². The first-order chi connectivity index (χ1) is 16.9. The van der Waals surface area contributed by atoms with E-state index in [1.54, 1.807) is 0 Å². The highest BCUT2D eigenvalue weighted by molar-refractivity contribution is 5.92. The lowest BCUT2D eigenvalue weighted by Crippen LogP contribution is -2.55. The monoisotopic (exact) mass is 479 g/mol. The third-order valence-electron chi connectivity index (χ3n) is 5.93. The molecule has 3 atom stereocenters. The summed E-state index contributed by atoms with van der Waals surface area (Å²) in [5, 5.41) is 15.8. The largest absolute Gasteiger partial charge is 0.480 e. The summed E-state index contributed by atoms with van der Waals surface area (Å²) in [5.41, 5.74) is 14.4. The zero-order chi connectivity index (χ0) is 25.2. The Balaban J connectivity index is 1.71. The van der Waals surface area contributed by atoms with Crippen LogP contribution in [0.4, 0.5) is 0 Å². The third kappa shape index (κ3) is 7.40. The molecule has 3 unspecified atom stereocenters. The Morgan fingerprint density at radius 1 is 0.886 bits per heavy atom. The van der Waals surface area contributed by atoms with Crippen LogP contribution in [-0.2, 0) is 27.2 Å². The van der Waals surface area contributed by atoms with Crippen LogP contribution in [0, 0.1) is 0 Å². The normalized spacial score (nSPS) is 13.7. The Labute approximate surface area is 204 Å². The molecule has 0 fully saturated rings. The fourth-order valence-corrected chi connectivity index (χ4v) is 3.99. The summed E-state index contributed by atoms with van der Waals surface area (Å²) >= 11 is 0. The lowest BCUT2D eigenvalue weighted by molar-refractivity contribution is -0.142. The predicted molar refractivity (Wildman–Crippen MR) is 135 cm³/mol. The van der Waals surface area contributed by atoms with Gasteiger partial charge in [0.15, 0.2) is 0 Å². The standard InChI is InChI=1S/C26H33N5O4/c27-13-7-6-12-22(26(34)35)30-25(33)23(14-17-8-2-1-3-9-17)31-24(32)20(28)15-18-16-29-21-11-5-4-10-19(18)21/h1-5,8-11,16,20,22-23,29H,6-7,12-15,27-28H2,(H,30,33)(H,31,32)(H,34,35). The number of hydrogen-bond acceptors (Lipinski definition) is 5. The minimum Gasteiger partial charge on any atom is -0.480 e. The van der Waals surface area contributed by atoms with E-state index in [1.165, 1.54) is 0 Å². The number of para-hydroxylation sites is 1. The van der Waals surface area contributed by atoms with E-state index in [0.717, 1.165) is 22.0 Å². The average molecular weight is 480 g/mol. The van der Waals surface area contributed by atoms with Gasteiger partial charge in [0.05, 0.1) is 6.04 Å². The van der Waals surface area contributed by atoms with Gasteiger partial charge in [0.25, 0.3) is 0 Å². The molecule has 1 aromatic heterocycles. The van der Waals surface area contributed by atoms with Crippen LogP contribution in [0.1, 0.15) is 30.4 Å². The van der Waals surface area contributed by atoms with Gasteiger partial charge in [-0.05, 0) is 49.4 Å². The quantitative estimate of drug-likeness (QED) is 0.203. The Kier molecular flexibility index (Phi) is 9.39. The molecule has 9 heteroatoms. The number of hydrogen-bond donors (Lipinski definition) is 6. The highest BCUT2D eigenvalue weighted by Gasteiger charge is 2.28. The maximum Gasteiger partial charge on any atom is 0.326 e. The fourth-order valence-electron chi connectivity index (χ4n) is 3.99. The number of aliphatic carboxylic acids is 1. The molecular formula is C26H33N5O4. The van der Waals surface area contributed by atoms with Gasteiger partial charge in [0.1, 0.15) is 12.1 Å². The smallest absolute Gasteiger partial charge is 0.326 e. The molecule has 0 radical (unpaired) electrons. The summed E-state index contributed by atoms with van der Waals surface area (Å²) in [7, 11) is 0. The van der Waals surface area contributed by atoms with Crippen molar-refractivity contribution in [1.29, 1.82) is 0 Å². The summed E-state index contributed by atoms with van der Waals surface area (Å²) in [6.45, 7) is 0.446. The van der Waals surface area contributed by atoms with Crippen LogP contribution in [0.15, 0.2) is 60.8 Å². The molecule has 0 aliphatic rings.